The molecule has 0 saturated heterocycles. The highest BCUT2D eigenvalue weighted by Crippen LogP contribution is 2.36. The van der Waals surface area contributed by atoms with Crippen molar-refractivity contribution >= 4 is 38.9 Å². The number of benzene rings is 3. The van der Waals surface area contributed by atoms with Gasteiger partial charge in [-0.05, 0) is 42.3 Å². The number of methoxy groups -OCH3 is 2. The molecule has 3 aromatic carbocycles. The van der Waals surface area contributed by atoms with Crippen LogP contribution in [0.4, 0.5) is 11.4 Å². The lowest BCUT2D eigenvalue weighted by Gasteiger charge is -2.23. The molecule has 0 heterocycles. The third kappa shape index (κ3) is 5.97. The van der Waals surface area contributed by atoms with Crippen LogP contribution in [0.3, 0.4) is 0 Å². The number of anilines is 2. The SMILES string of the molecule is COc1cc(NC(=O)c2ccc(CN(c3cccc(C)c3)S(C)(=O)=O)cc2)c(OC)cc1Cl. The van der Waals surface area contributed by atoms with Gasteiger partial charge in [0.1, 0.15) is 11.5 Å². The number of rotatable bonds is 8. The summed E-state index contributed by atoms with van der Waals surface area (Å²) in [7, 11) is -0.543. The number of carbonyl (C=O) groups excluding carboxylic acids is 1. The van der Waals surface area contributed by atoms with Gasteiger partial charge in [-0.3, -0.25) is 9.10 Å². The fraction of sp³-hybridized carbons (Fsp3) is 0.208. The van der Waals surface area contributed by atoms with E-state index in [4.69, 9.17) is 21.1 Å². The predicted octanol–water partition coefficient (Wildman–Crippen LogP) is 4.88. The van der Waals surface area contributed by atoms with E-state index < -0.39 is 10.0 Å². The molecule has 0 aliphatic heterocycles. The van der Waals surface area contributed by atoms with Crippen LogP contribution in [0.15, 0.2) is 60.7 Å². The van der Waals surface area contributed by atoms with Crippen molar-refractivity contribution in [3.05, 3.63) is 82.4 Å². The van der Waals surface area contributed by atoms with Gasteiger partial charge >= 0.3 is 0 Å². The molecule has 0 aliphatic carbocycles. The van der Waals surface area contributed by atoms with Gasteiger partial charge < -0.3 is 14.8 Å². The number of sulfonamides is 1. The minimum Gasteiger partial charge on any atom is -0.495 e. The van der Waals surface area contributed by atoms with E-state index in [2.05, 4.69) is 5.32 Å². The summed E-state index contributed by atoms with van der Waals surface area (Å²) in [5.74, 6) is 0.440. The Labute approximate surface area is 198 Å². The van der Waals surface area contributed by atoms with Crippen molar-refractivity contribution in [1.82, 2.24) is 0 Å². The van der Waals surface area contributed by atoms with Gasteiger partial charge in [0.15, 0.2) is 0 Å². The molecular weight excluding hydrogens is 464 g/mol. The summed E-state index contributed by atoms with van der Waals surface area (Å²) in [5, 5.41) is 3.15. The van der Waals surface area contributed by atoms with E-state index in [0.29, 0.717) is 33.5 Å². The Morgan fingerprint density at radius 1 is 1.00 bits per heavy atom. The van der Waals surface area contributed by atoms with Crippen LogP contribution in [-0.2, 0) is 16.6 Å². The van der Waals surface area contributed by atoms with Crippen LogP contribution >= 0.6 is 11.6 Å². The predicted molar refractivity (Wildman–Crippen MR) is 131 cm³/mol. The molecule has 0 atom stereocenters. The van der Waals surface area contributed by atoms with Crippen molar-refractivity contribution in [2.45, 2.75) is 13.5 Å². The zero-order chi connectivity index (χ0) is 24.2. The molecule has 0 spiro atoms. The first-order valence-corrected chi connectivity index (χ1v) is 12.2. The largest absolute Gasteiger partial charge is 0.495 e. The molecule has 0 bridgehead atoms. The molecule has 33 heavy (non-hydrogen) atoms. The van der Waals surface area contributed by atoms with Crippen LogP contribution in [0.1, 0.15) is 21.5 Å². The third-order valence-corrected chi connectivity index (χ3v) is 6.39. The van der Waals surface area contributed by atoms with E-state index in [1.807, 2.05) is 25.1 Å². The van der Waals surface area contributed by atoms with Gasteiger partial charge in [-0.15, -0.1) is 0 Å². The number of aryl methyl sites for hydroxylation is 1. The molecule has 7 nitrogen and oxygen atoms in total. The van der Waals surface area contributed by atoms with E-state index in [-0.39, 0.29) is 12.5 Å². The smallest absolute Gasteiger partial charge is 0.255 e. The summed E-state index contributed by atoms with van der Waals surface area (Å²) in [5.41, 5.74) is 3.10. The molecule has 0 radical (unpaired) electrons. The van der Waals surface area contributed by atoms with Crippen LogP contribution < -0.4 is 19.1 Å². The first-order valence-electron chi connectivity index (χ1n) is 9.98. The van der Waals surface area contributed by atoms with E-state index in [1.165, 1.54) is 24.8 Å². The average Bonchev–Trinajstić information content (AvgIpc) is 2.77. The number of hydrogen-bond donors (Lipinski definition) is 1. The van der Waals surface area contributed by atoms with E-state index in [0.717, 1.165) is 11.1 Å². The average molecular weight is 489 g/mol. The summed E-state index contributed by atoms with van der Waals surface area (Å²) in [6, 6.07) is 17.2. The molecule has 0 aliphatic rings. The molecule has 0 unspecified atom stereocenters. The molecule has 3 rings (SSSR count). The fourth-order valence-corrected chi connectivity index (χ4v) is 4.37. The summed E-state index contributed by atoms with van der Waals surface area (Å²) >= 11 is 6.11. The molecule has 0 fully saturated rings. The number of nitrogens with zero attached hydrogens (tertiary/aromatic N) is 1. The van der Waals surface area contributed by atoms with Crippen LogP contribution in [0, 0.1) is 6.92 Å². The van der Waals surface area contributed by atoms with E-state index >= 15 is 0 Å². The highest BCUT2D eigenvalue weighted by molar-refractivity contribution is 7.92. The number of halogens is 1. The van der Waals surface area contributed by atoms with Crippen molar-refractivity contribution in [3.8, 4) is 11.5 Å². The number of hydrogen-bond acceptors (Lipinski definition) is 5. The van der Waals surface area contributed by atoms with Crippen molar-refractivity contribution < 1.29 is 22.7 Å². The van der Waals surface area contributed by atoms with Crippen LogP contribution in [-0.4, -0.2) is 34.8 Å². The number of carbonyl (C=O) groups is 1. The van der Waals surface area contributed by atoms with E-state index in [9.17, 15) is 13.2 Å². The van der Waals surface area contributed by atoms with E-state index in [1.54, 1.807) is 42.5 Å². The minimum atomic E-state index is -3.50. The molecular formula is C24H25ClN2O5S. The second kappa shape index (κ2) is 10.1. The van der Waals surface area contributed by atoms with Gasteiger partial charge in [0.2, 0.25) is 10.0 Å². The topological polar surface area (TPSA) is 84.9 Å². The maximum atomic E-state index is 12.8. The van der Waals surface area contributed by atoms with Crippen LogP contribution in [0.2, 0.25) is 5.02 Å². The first kappa shape index (κ1) is 24.4. The lowest BCUT2D eigenvalue weighted by Crippen LogP contribution is -2.29. The Hall–Kier alpha value is -3.23. The number of amides is 1. The fourth-order valence-electron chi connectivity index (χ4n) is 3.26. The summed E-state index contributed by atoms with van der Waals surface area (Å²) < 4.78 is 36.6. The van der Waals surface area contributed by atoms with Gasteiger partial charge in [-0.25, -0.2) is 8.42 Å². The van der Waals surface area contributed by atoms with Crippen molar-refractivity contribution in [1.29, 1.82) is 0 Å². The monoisotopic (exact) mass is 488 g/mol. The zero-order valence-corrected chi connectivity index (χ0v) is 20.3. The normalized spacial score (nSPS) is 11.1. The van der Waals surface area contributed by atoms with Crippen molar-refractivity contribution in [2.75, 3.05) is 30.1 Å². The lowest BCUT2D eigenvalue weighted by molar-refractivity contribution is 0.102. The quantitative estimate of drug-likeness (QED) is 0.488. The number of nitrogens with one attached hydrogen (secondary N) is 1. The zero-order valence-electron chi connectivity index (χ0n) is 18.8. The Bertz CT molecular complexity index is 1260. The molecule has 0 saturated carbocycles. The Kier molecular flexibility index (Phi) is 7.50. The second-order valence-electron chi connectivity index (χ2n) is 7.45. The summed E-state index contributed by atoms with van der Waals surface area (Å²) in [6.07, 6.45) is 1.17. The molecule has 0 aromatic heterocycles. The Balaban J connectivity index is 1.80. The highest BCUT2D eigenvalue weighted by atomic mass is 35.5. The van der Waals surface area contributed by atoms with Gasteiger partial charge in [-0.2, -0.15) is 0 Å². The second-order valence-corrected chi connectivity index (χ2v) is 9.76. The lowest BCUT2D eigenvalue weighted by atomic mass is 10.1. The molecule has 174 valence electrons. The van der Waals surface area contributed by atoms with Gasteiger partial charge in [-0.1, -0.05) is 35.9 Å². The Morgan fingerprint density at radius 2 is 1.67 bits per heavy atom. The highest BCUT2D eigenvalue weighted by Gasteiger charge is 2.19. The Morgan fingerprint density at radius 3 is 2.24 bits per heavy atom. The maximum Gasteiger partial charge on any atom is 0.255 e. The van der Waals surface area contributed by atoms with Crippen molar-refractivity contribution in [2.24, 2.45) is 0 Å². The summed E-state index contributed by atoms with van der Waals surface area (Å²) in [4.78, 5) is 12.8. The van der Waals surface area contributed by atoms with Gasteiger partial charge in [0.25, 0.3) is 5.91 Å². The molecule has 1 amide bonds. The third-order valence-electron chi connectivity index (χ3n) is 4.95. The van der Waals surface area contributed by atoms with Crippen molar-refractivity contribution in [3.63, 3.8) is 0 Å². The van der Waals surface area contributed by atoms with Crippen LogP contribution in [0.5, 0.6) is 11.5 Å². The van der Waals surface area contributed by atoms with Crippen LogP contribution in [0.25, 0.3) is 0 Å². The molecule has 1 N–H and O–H groups in total. The molecule has 3 aromatic rings. The van der Waals surface area contributed by atoms with Gasteiger partial charge in [0, 0.05) is 17.7 Å². The molecule has 9 heteroatoms. The maximum absolute atomic E-state index is 12.8. The first-order chi connectivity index (χ1) is 15.6. The standard InChI is InChI=1S/C24H25ClN2O5S/c1-16-6-5-7-19(12-16)27(33(4,29)30)15-17-8-10-18(11-9-17)24(28)26-21-14-22(31-2)20(25)13-23(21)32-3/h5-14H,15H2,1-4H3,(H,26,28). The van der Waals surface area contributed by atoms with Gasteiger partial charge in [0.05, 0.1) is 43.4 Å². The minimum absolute atomic E-state index is 0.145. The number of ether oxygens (including phenoxy) is 2. The summed E-state index contributed by atoms with van der Waals surface area (Å²) in [6.45, 7) is 2.05.